The monoisotopic (exact) mass is 200 g/mol. The van der Waals surface area contributed by atoms with E-state index in [-0.39, 0.29) is 5.78 Å². The van der Waals surface area contributed by atoms with Crippen molar-refractivity contribution in [3.05, 3.63) is 16.1 Å². The summed E-state index contributed by atoms with van der Waals surface area (Å²) in [5.74, 6) is 0.128. The van der Waals surface area contributed by atoms with Gasteiger partial charge in [-0.05, 0) is 6.92 Å². The molecule has 3 nitrogen and oxygen atoms in total. The number of carbonyl (C=O) groups is 1. The van der Waals surface area contributed by atoms with Crippen LogP contribution in [0.1, 0.15) is 30.5 Å². The molecule has 0 aliphatic carbocycles. The molecule has 0 fully saturated rings. The molecule has 0 aliphatic heterocycles. The smallest absolute Gasteiger partial charge is 0.225 e. The molecule has 72 valence electrons. The second-order valence-electron chi connectivity index (χ2n) is 3.18. The number of Topliss-reactive ketones (excluding diaryl/α,β-unsaturated/α-hetero) is 1. The fraction of sp³-hybridized carbons (Fsp3) is 0.556. The Hall–Kier alpha value is -0.740. The Morgan fingerprint density at radius 2 is 2.38 bits per heavy atom. The first-order chi connectivity index (χ1) is 6.02. The molecule has 1 aromatic heterocycles. The van der Waals surface area contributed by atoms with Gasteiger partial charge in [0.25, 0.3) is 0 Å². The number of thiazole rings is 1. The minimum absolute atomic E-state index is 0.128. The van der Waals surface area contributed by atoms with Crippen molar-refractivity contribution < 1.29 is 14.5 Å². The lowest BCUT2D eigenvalue weighted by molar-refractivity contribution is -0.685. The molecule has 0 spiro atoms. The van der Waals surface area contributed by atoms with Crippen molar-refractivity contribution in [3.63, 3.8) is 0 Å². The predicted molar refractivity (Wildman–Crippen MR) is 50.6 cm³/mol. The van der Waals surface area contributed by atoms with Crippen LogP contribution in [0.25, 0.3) is 0 Å². The molecular formula is C9H14NO2S+. The Kier molecular flexibility index (Phi) is 3.17. The first-order valence-electron chi connectivity index (χ1n) is 4.17. The second-order valence-corrected chi connectivity index (χ2v) is 4.07. The zero-order valence-corrected chi connectivity index (χ0v) is 8.89. The molecule has 1 aromatic rings. The van der Waals surface area contributed by atoms with Crippen LogP contribution in [-0.2, 0) is 11.3 Å². The molecule has 0 aromatic carbocycles. The van der Waals surface area contributed by atoms with E-state index >= 15 is 0 Å². The largest absolute Gasteiger partial charge is 0.388 e. The molecule has 1 heterocycles. The maximum absolute atomic E-state index is 10.9. The quantitative estimate of drug-likeness (QED) is 0.739. The highest BCUT2D eigenvalue weighted by Crippen LogP contribution is 2.19. The third-order valence-electron chi connectivity index (χ3n) is 1.87. The number of carbonyl (C=O) groups excluding carboxylic acids is 1. The number of hydrogen-bond donors (Lipinski definition) is 1. The zero-order valence-electron chi connectivity index (χ0n) is 8.07. The number of aliphatic hydroxyl groups excluding tert-OH is 1. The van der Waals surface area contributed by atoms with Crippen molar-refractivity contribution in [2.24, 2.45) is 0 Å². The van der Waals surface area contributed by atoms with Crippen LogP contribution < -0.4 is 4.57 Å². The Morgan fingerprint density at radius 1 is 1.77 bits per heavy atom. The summed E-state index contributed by atoms with van der Waals surface area (Å²) < 4.78 is 1.87. The predicted octanol–water partition coefficient (Wildman–Crippen LogP) is 0.986. The van der Waals surface area contributed by atoms with Crippen molar-refractivity contribution >= 4 is 17.1 Å². The SMILES string of the molecule is CC(=O)C[n+]1csc(C(C)O)c1C. The summed E-state index contributed by atoms with van der Waals surface area (Å²) in [6, 6.07) is 0. The van der Waals surface area contributed by atoms with Crippen molar-refractivity contribution in [2.45, 2.75) is 33.4 Å². The average Bonchev–Trinajstić information content (AvgIpc) is 2.32. The van der Waals surface area contributed by atoms with Gasteiger partial charge in [-0.3, -0.25) is 4.79 Å². The van der Waals surface area contributed by atoms with Crippen LogP contribution in [0.5, 0.6) is 0 Å². The minimum atomic E-state index is -0.446. The van der Waals surface area contributed by atoms with Gasteiger partial charge in [0, 0.05) is 13.8 Å². The van der Waals surface area contributed by atoms with Crippen LogP contribution in [0, 0.1) is 6.92 Å². The van der Waals surface area contributed by atoms with Gasteiger partial charge in [0.2, 0.25) is 12.1 Å². The van der Waals surface area contributed by atoms with Gasteiger partial charge in [-0.2, -0.15) is 4.57 Å². The van der Waals surface area contributed by atoms with Gasteiger partial charge in [0.1, 0.15) is 4.88 Å². The summed E-state index contributed by atoms with van der Waals surface area (Å²) >= 11 is 1.49. The first-order valence-corrected chi connectivity index (χ1v) is 5.05. The summed E-state index contributed by atoms with van der Waals surface area (Å²) in [5, 5.41) is 9.36. The van der Waals surface area contributed by atoms with Crippen molar-refractivity contribution in [2.75, 3.05) is 0 Å². The number of ketones is 1. The van der Waals surface area contributed by atoms with Gasteiger partial charge in [0.15, 0.2) is 11.5 Å². The molecule has 0 saturated carbocycles. The lowest BCUT2D eigenvalue weighted by atomic mass is 10.3. The molecule has 0 bridgehead atoms. The van der Waals surface area contributed by atoms with Crippen LogP contribution in [-0.4, -0.2) is 10.9 Å². The van der Waals surface area contributed by atoms with Crippen molar-refractivity contribution in [1.82, 2.24) is 0 Å². The molecule has 1 rings (SSSR count). The first kappa shape index (κ1) is 10.3. The maximum atomic E-state index is 10.9. The molecule has 13 heavy (non-hydrogen) atoms. The summed E-state index contributed by atoms with van der Waals surface area (Å²) in [4.78, 5) is 11.8. The number of aliphatic hydroxyl groups is 1. The third-order valence-corrected chi connectivity index (χ3v) is 3.12. The molecule has 4 heteroatoms. The van der Waals surface area contributed by atoms with Gasteiger partial charge in [-0.15, -0.1) is 0 Å². The molecule has 0 saturated heterocycles. The Labute approximate surface area is 81.6 Å². The lowest BCUT2D eigenvalue weighted by Crippen LogP contribution is -2.37. The molecule has 0 radical (unpaired) electrons. The van der Waals surface area contributed by atoms with Crippen molar-refractivity contribution in [3.8, 4) is 0 Å². The standard InChI is InChI=1S/C9H14NO2S/c1-6(11)4-10-5-13-9(7(10)2)8(3)12/h5,8,12H,4H2,1-3H3/q+1. The van der Waals surface area contributed by atoms with E-state index in [1.54, 1.807) is 13.8 Å². The number of nitrogens with zero attached hydrogens (tertiary/aromatic N) is 1. The van der Waals surface area contributed by atoms with E-state index in [1.165, 1.54) is 11.3 Å². The normalized spacial score (nSPS) is 12.9. The summed E-state index contributed by atoms with van der Waals surface area (Å²) in [5.41, 5.74) is 2.86. The second kappa shape index (κ2) is 3.98. The fourth-order valence-electron chi connectivity index (χ4n) is 1.22. The third kappa shape index (κ3) is 2.35. The summed E-state index contributed by atoms with van der Waals surface area (Å²) in [6.45, 7) is 5.61. The molecule has 0 aliphatic rings. The molecule has 0 amide bonds. The van der Waals surface area contributed by atoms with Crippen LogP contribution >= 0.6 is 11.3 Å². The Balaban J connectivity index is 2.92. The summed E-state index contributed by atoms with van der Waals surface area (Å²) in [6.07, 6.45) is -0.446. The van der Waals surface area contributed by atoms with Gasteiger partial charge < -0.3 is 5.11 Å². The number of aromatic nitrogens is 1. The Bertz CT molecular complexity index is 317. The van der Waals surface area contributed by atoms with Crippen LogP contribution in [0.2, 0.25) is 0 Å². The average molecular weight is 200 g/mol. The molecular weight excluding hydrogens is 186 g/mol. The van der Waals surface area contributed by atoms with Gasteiger partial charge in [-0.25, -0.2) is 0 Å². The zero-order chi connectivity index (χ0) is 10.0. The highest BCUT2D eigenvalue weighted by molar-refractivity contribution is 7.09. The van der Waals surface area contributed by atoms with Crippen molar-refractivity contribution in [1.29, 1.82) is 0 Å². The van der Waals surface area contributed by atoms with E-state index in [2.05, 4.69) is 0 Å². The van der Waals surface area contributed by atoms with E-state index < -0.39 is 6.10 Å². The number of rotatable bonds is 3. The number of hydrogen-bond acceptors (Lipinski definition) is 3. The van der Waals surface area contributed by atoms with Crippen LogP contribution in [0.4, 0.5) is 0 Å². The topological polar surface area (TPSA) is 41.2 Å². The summed E-state index contributed by atoms with van der Waals surface area (Å²) in [7, 11) is 0. The Morgan fingerprint density at radius 3 is 2.77 bits per heavy atom. The minimum Gasteiger partial charge on any atom is -0.388 e. The highest BCUT2D eigenvalue weighted by Gasteiger charge is 2.19. The van der Waals surface area contributed by atoms with E-state index in [4.69, 9.17) is 0 Å². The molecule has 1 N–H and O–H groups in total. The van der Waals surface area contributed by atoms with Gasteiger partial charge in [0.05, 0.1) is 6.10 Å². The molecule has 1 unspecified atom stereocenters. The van der Waals surface area contributed by atoms with Crippen LogP contribution in [0.3, 0.4) is 0 Å². The van der Waals surface area contributed by atoms with E-state index in [1.807, 2.05) is 17.0 Å². The van der Waals surface area contributed by atoms with E-state index in [9.17, 15) is 9.90 Å². The van der Waals surface area contributed by atoms with Crippen LogP contribution in [0.15, 0.2) is 5.51 Å². The van der Waals surface area contributed by atoms with Gasteiger partial charge >= 0.3 is 0 Å². The lowest BCUT2D eigenvalue weighted by Gasteiger charge is -1.97. The van der Waals surface area contributed by atoms with E-state index in [0.717, 1.165) is 10.6 Å². The molecule has 1 atom stereocenters. The van der Waals surface area contributed by atoms with E-state index in [0.29, 0.717) is 6.54 Å². The highest BCUT2D eigenvalue weighted by atomic mass is 32.1. The maximum Gasteiger partial charge on any atom is 0.225 e. The van der Waals surface area contributed by atoms with Gasteiger partial charge in [-0.1, -0.05) is 11.3 Å². The fourth-order valence-corrected chi connectivity index (χ4v) is 2.18.